The molecule has 1 unspecified atom stereocenters. The van der Waals surface area contributed by atoms with Gasteiger partial charge in [0.1, 0.15) is 23.3 Å². The Morgan fingerprint density at radius 2 is 1.72 bits per heavy atom. The van der Waals surface area contributed by atoms with E-state index in [1.54, 1.807) is 13.0 Å². The van der Waals surface area contributed by atoms with Crippen LogP contribution in [-0.2, 0) is 5.92 Å². The third-order valence-corrected chi connectivity index (χ3v) is 10.7. The number of amidine groups is 1. The molecule has 46 heavy (non-hydrogen) atoms. The number of allylic oxidation sites excluding steroid dienone is 1. The molecule has 2 fully saturated rings. The average molecular weight is 635 g/mol. The van der Waals surface area contributed by atoms with Gasteiger partial charge in [0.05, 0.1) is 28.7 Å². The first-order valence-corrected chi connectivity index (χ1v) is 17.0. The summed E-state index contributed by atoms with van der Waals surface area (Å²) in [7, 11) is 1.95. The van der Waals surface area contributed by atoms with E-state index in [0.717, 1.165) is 67.7 Å². The fourth-order valence-corrected chi connectivity index (χ4v) is 7.62. The number of aliphatic imine (C=N–C) groups is 1. The van der Waals surface area contributed by atoms with Crippen LogP contribution in [0.1, 0.15) is 96.2 Å². The number of nitrogens with one attached hydrogen (secondary N) is 1. The lowest BCUT2D eigenvalue weighted by Crippen LogP contribution is -2.49. The van der Waals surface area contributed by atoms with Gasteiger partial charge in [0.15, 0.2) is 0 Å². The van der Waals surface area contributed by atoms with Crippen LogP contribution in [0.2, 0.25) is 0 Å². The lowest BCUT2D eigenvalue weighted by molar-refractivity contribution is -0.0907. The molecule has 6 bridgehead atoms. The van der Waals surface area contributed by atoms with Crippen LogP contribution in [0.3, 0.4) is 0 Å². The summed E-state index contributed by atoms with van der Waals surface area (Å²) in [6.07, 6.45) is 8.03. The van der Waals surface area contributed by atoms with Gasteiger partial charge in [-0.15, -0.1) is 0 Å². The molecule has 9 rings (SSSR count). The molecule has 0 spiro atoms. The minimum Gasteiger partial charge on any atom is -0.330 e. The monoisotopic (exact) mass is 634 g/mol. The number of benzene rings is 1. The Labute approximate surface area is 273 Å². The van der Waals surface area contributed by atoms with Crippen molar-refractivity contribution in [3.8, 4) is 6.07 Å². The number of rotatable bonds is 1. The van der Waals surface area contributed by atoms with Crippen molar-refractivity contribution in [1.82, 2.24) is 20.0 Å². The van der Waals surface area contributed by atoms with E-state index >= 15 is 13.2 Å². The topological polar surface area (TPSA) is 57.9 Å². The molecule has 1 aromatic carbocycles. The Balaban J connectivity index is 0.00000204. The van der Waals surface area contributed by atoms with Crippen molar-refractivity contribution in [3.05, 3.63) is 82.9 Å². The van der Waals surface area contributed by atoms with Gasteiger partial charge in [-0.3, -0.25) is 4.99 Å². The van der Waals surface area contributed by atoms with Gasteiger partial charge < -0.3 is 20.0 Å². The highest BCUT2D eigenvalue weighted by molar-refractivity contribution is 6.04. The summed E-state index contributed by atoms with van der Waals surface area (Å²) in [6.45, 7) is 18.5. The van der Waals surface area contributed by atoms with Gasteiger partial charge in [-0.05, 0) is 83.5 Å². The highest BCUT2D eigenvalue weighted by atomic mass is 19.3. The quantitative estimate of drug-likeness (QED) is 0.337. The summed E-state index contributed by atoms with van der Waals surface area (Å²) in [5.74, 6) is -3.11. The van der Waals surface area contributed by atoms with Gasteiger partial charge >= 0.3 is 0 Å². The first-order chi connectivity index (χ1) is 22.0. The second kappa shape index (κ2) is 13.3. The minimum absolute atomic E-state index is 0.126. The molecule has 9 heteroatoms. The maximum absolute atomic E-state index is 16.1. The minimum atomic E-state index is -3.28. The largest absolute Gasteiger partial charge is 0.330 e. The van der Waals surface area contributed by atoms with Gasteiger partial charge in [-0.25, -0.2) is 13.2 Å². The lowest BCUT2D eigenvalue weighted by atomic mass is 9.63. The van der Waals surface area contributed by atoms with Crippen LogP contribution in [0.15, 0.2) is 70.9 Å². The van der Waals surface area contributed by atoms with Crippen LogP contribution in [0.5, 0.6) is 0 Å². The summed E-state index contributed by atoms with van der Waals surface area (Å²) in [6, 6.07) is 6.35. The van der Waals surface area contributed by atoms with E-state index in [4.69, 9.17) is 4.99 Å². The molecule has 1 aliphatic carbocycles. The normalized spacial score (nSPS) is 29.0. The van der Waals surface area contributed by atoms with Crippen molar-refractivity contribution in [2.75, 3.05) is 26.7 Å². The van der Waals surface area contributed by atoms with Crippen molar-refractivity contribution < 1.29 is 13.2 Å². The fourth-order valence-electron chi connectivity index (χ4n) is 7.62. The Hall–Kier alpha value is -3.51. The molecule has 1 N–H and O–H groups in total. The van der Waals surface area contributed by atoms with Crippen LogP contribution in [0.25, 0.3) is 0 Å². The number of hydrogen-bond donors (Lipinski definition) is 1. The third-order valence-electron chi connectivity index (χ3n) is 10.7. The molecule has 1 aromatic rings. The first-order valence-electron chi connectivity index (χ1n) is 17.0. The summed E-state index contributed by atoms with van der Waals surface area (Å²) in [5, 5.41) is 13.6. The second-order valence-electron chi connectivity index (χ2n) is 13.2. The molecule has 7 heterocycles. The zero-order valence-electron chi connectivity index (χ0n) is 28.1. The number of hydrogen-bond acceptors (Lipinski definition) is 6. The molecule has 0 amide bonds. The first kappa shape index (κ1) is 33.8. The van der Waals surface area contributed by atoms with Crippen LogP contribution < -0.4 is 5.32 Å². The predicted molar refractivity (Wildman–Crippen MR) is 178 cm³/mol. The van der Waals surface area contributed by atoms with Crippen molar-refractivity contribution in [1.29, 1.82) is 5.26 Å². The fraction of sp³-hybridized carbons (Fsp3) is 0.568. The second-order valence-corrected chi connectivity index (χ2v) is 13.2. The zero-order valence-corrected chi connectivity index (χ0v) is 28.1. The molecular formula is C37H49F3N6. The van der Waals surface area contributed by atoms with E-state index in [-0.39, 0.29) is 11.6 Å². The Bertz CT molecular complexity index is 1490. The van der Waals surface area contributed by atoms with Crippen LogP contribution in [0, 0.1) is 28.5 Å². The number of nitrogens with zero attached hydrogens (tertiary/aromatic N) is 5. The van der Waals surface area contributed by atoms with E-state index in [0.29, 0.717) is 37.6 Å². The molecule has 8 aliphatic rings. The Morgan fingerprint density at radius 1 is 1.02 bits per heavy atom. The molecule has 7 aliphatic heterocycles. The molecule has 6 nitrogen and oxygen atoms in total. The summed E-state index contributed by atoms with van der Waals surface area (Å²) in [4.78, 5) is 11.4. The standard InChI is InChI=1S/C35H43F3N6.C2H6/c1-22-10-6-7-17-44-25(4)41-32(28-20-30(24(3)42(5)33(28)44)34(21-39)15-9-16-34)40-23(2)27-11-8-12-29(31(27)36)35(37,38)26-13-18-43(22)19-14-26;1-2/h8,11-12,20,22-23,26H,3-4,6-7,9-10,13-19H2,1-2,5H3,(H,40,41);1-2H3/t22?,23-;/m1./s1. The molecular weight excluding hydrogens is 585 g/mol. The van der Waals surface area contributed by atoms with Crippen LogP contribution >= 0.6 is 0 Å². The lowest BCUT2D eigenvalue weighted by Gasteiger charge is -2.47. The van der Waals surface area contributed by atoms with Crippen molar-refractivity contribution in [2.45, 2.75) is 97.1 Å². The number of halogens is 3. The maximum Gasteiger partial charge on any atom is 0.278 e. The highest BCUT2D eigenvalue weighted by Gasteiger charge is 2.47. The summed E-state index contributed by atoms with van der Waals surface area (Å²) >= 11 is 0. The third kappa shape index (κ3) is 5.78. The molecule has 0 radical (unpaired) electrons. The van der Waals surface area contributed by atoms with Crippen molar-refractivity contribution >= 4 is 5.84 Å². The van der Waals surface area contributed by atoms with E-state index in [1.165, 1.54) is 12.1 Å². The van der Waals surface area contributed by atoms with Gasteiger partial charge in [-0.1, -0.05) is 51.6 Å². The molecule has 1 saturated heterocycles. The van der Waals surface area contributed by atoms with E-state index in [2.05, 4.69) is 41.3 Å². The SMILES string of the molecule is C=C1C(C2(C#N)CCC2)=CC2=C(N1C)N1CCCCC(C)N3CCC(CC3)C(F)(F)c3cccc(c3F)[C@@H](C)N=C2NC1=C.CC. The smallest absolute Gasteiger partial charge is 0.278 e. The molecule has 0 aromatic heterocycles. The van der Waals surface area contributed by atoms with E-state index < -0.39 is 34.7 Å². The van der Waals surface area contributed by atoms with Crippen molar-refractivity contribution in [2.24, 2.45) is 16.3 Å². The predicted octanol–water partition coefficient (Wildman–Crippen LogP) is 8.35. The summed E-state index contributed by atoms with van der Waals surface area (Å²) in [5.41, 5.74) is 1.38. The zero-order chi connectivity index (χ0) is 33.4. The van der Waals surface area contributed by atoms with Gasteiger partial charge in [0.25, 0.3) is 5.92 Å². The van der Waals surface area contributed by atoms with E-state index in [9.17, 15) is 5.26 Å². The summed E-state index contributed by atoms with van der Waals surface area (Å²) < 4.78 is 47.9. The van der Waals surface area contributed by atoms with Crippen LogP contribution in [0.4, 0.5) is 13.2 Å². The van der Waals surface area contributed by atoms with Gasteiger partial charge in [0.2, 0.25) is 0 Å². The Kier molecular flexibility index (Phi) is 9.79. The van der Waals surface area contributed by atoms with Gasteiger partial charge in [-0.2, -0.15) is 5.26 Å². The van der Waals surface area contributed by atoms with Crippen molar-refractivity contribution in [3.63, 3.8) is 0 Å². The number of piperidine rings is 1. The maximum atomic E-state index is 16.1. The number of alkyl halides is 2. The Morgan fingerprint density at radius 3 is 2.35 bits per heavy atom. The van der Waals surface area contributed by atoms with Crippen LogP contribution in [-0.4, -0.2) is 53.3 Å². The number of nitriles is 1. The number of likely N-dealkylation sites (N-methyl/N-ethyl adjacent to an activating group) is 1. The molecule has 248 valence electrons. The van der Waals surface area contributed by atoms with E-state index in [1.807, 2.05) is 31.9 Å². The highest BCUT2D eigenvalue weighted by Crippen LogP contribution is 2.52. The molecule has 2 atom stereocenters. The average Bonchev–Trinajstić information content (AvgIpc) is 3.03. The molecule has 1 saturated carbocycles. The van der Waals surface area contributed by atoms with Gasteiger partial charge in [0, 0.05) is 36.8 Å².